The number of nitrogens with zero attached hydrogens (tertiary/aromatic N) is 2. The lowest BCUT2D eigenvalue weighted by molar-refractivity contribution is -0.116. The van der Waals surface area contributed by atoms with E-state index in [-0.39, 0.29) is 25.4 Å². The van der Waals surface area contributed by atoms with Crippen molar-refractivity contribution in [3.63, 3.8) is 0 Å². The molecule has 0 atom stereocenters. The third-order valence-corrected chi connectivity index (χ3v) is 5.68. The Morgan fingerprint density at radius 2 is 1.67 bits per heavy atom. The molecule has 1 aromatic heterocycles. The summed E-state index contributed by atoms with van der Waals surface area (Å²) in [6, 6.07) is 9.53. The summed E-state index contributed by atoms with van der Waals surface area (Å²) in [5.74, 6) is -0.186. The topological polar surface area (TPSA) is 79.4 Å². The van der Waals surface area contributed by atoms with Gasteiger partial charge in [0, 0.05) is 37.6 Å². The Balaban J connectivity index is 2.06. The molecule has 0 spiro atoms. The normalized spacial score (nSPS) is 11.6. The number of pyridine rings is 1. The summed E-state index contributed by atoms with van der Waals surface area (Å²) in [5, 5.41) is 2.98. The third kappa shape index (κ3) is 6.15. The molecule has 0 aliphatic rings. The van der Waals surface area contributed by atoms with Crippen LogP contribution in [-0.4, -0.2) is 36.4 Å². The lowest BCUT2D eigenvalue weighted by Crippen LogP contribution is -2.32. The second kappa shape index (κ2) is 9.62. The lowest BCUT2D eigenvalue weighted by Gasteiger charge is -2.20. The molecular formula is C20H27N3O3S. The Morgan fingerprint density at radius 1 is 1.07 bits per heavy atom. The molecule has 2 aromatic rings. The molecule has 1 aromatic carbocycles. The molecule has 0 unspecified atom stereocenters. The van der Waals surface area contributed by atoms with Gasteiger partial charge in [-0.05, 0) is 41.7 Å². The number of carbonyl (C=O) groups is 1. The van der Waals surface area contributed by atoms with Gasteiger partial charge in [0.25, 0.3) is 0 Å². The average Bonchev–Trinajstić information content (AvgIpc) is 2.65. The Morgan fingerprint density at radius 3 is 2.19 bits per heavy atom. The number of nitrogens with one attached hydrogen (secondary N) is 1. The maximum Gasteiger partial charge on any atom is 0.225 e. The van der Waals surface area contributed by atoms with Gasteiger partial charge in [-0.3, -0.25) is 9.78 Å². The van der Waals surface area contributed by atoms with E-state index < -0.39 is 10.0 Å². The van der Waals surface area contributed by atoms with E-state index in [4.69, 9.17) is 0 Å². The molecular weight excluding hydrogens is 362 g/mol. The third-order valence-electron chi connectivity index (χ3n) is 4.43. The minimum atomic E-state index is -3.42. The molecule has 0 radical (unpaired) electrons. The van der Waals surface area contributed by atoms with Crippen LogP contribution in [0.2, 0.25) is 0 Å². The van der Waals surface area contributed by atoms with E-state index in [1.54, 1.807) is 24.5 Å². The number of rotatable bonds is 9. The standard InChI is InChI=1S/C20H27N3O3S/c1-4-17-7-6-8-18(5-2)20(17)22-19(24)11-14-23(27(3,25)26)15-16-9-12-21-13-10-16/h6-10,12-13H,4-5,11,14-15H2,1-3H3,(H,22,24). The highest BCUT2D eigenvalue weighted by atomic mass is 32.2. The van der Waals surface area contributed by atoms with Crippen molar-refractivity contribution >= 4 is 21.6 Å². The molecule has 0 aliphatic carbocycles. The van der Waals surface area contributed by atoms with E-state index in [1.807, 2.05) is 32.0 Å². The van der Waals surface area contributed by atoms with Crippen molar-refractivity contribution in [3.05, 3.63) is 59.4 Å². The number of hydrogen-bond acceptors (Lipinski definition) is 4. The first-order valence-electron chi connectivity index (χ1n) is 9.09. The van der Waals surface area contributed by atoms with Gasteiger partial charge in [-0.2, -0.15) is 4.31 Å². The molecule has 0 bridgehead atoms. The zero-order valence-corrected chi connectivity index (χ0v) is 16.9. The number of anilines is 1. The van der Waals surface area contributed by atoms with Crippen molar-refractivity contribution in [2.75, 3.05) is 18.1 Å². The fourth-order valence-electron chi connectivity index (χ4n) is 2.89. The summed E-state index contributed by atoms with van der Waals surface area (Å²) < 4.78 is 25.5. The summed E-state index contributed by atoms with van der Waals surface area (Å²) in [7, 11) is -3.42. The summed E-state index contributed by atoms with van der Waals surface area (Å²) in [6.45, 7) is 4.44. The molecule has 0 saturated carbocycles. The fraction of sp³-hybridized carbons (Fsp3) is 0.400. The number of carbonyl (C=O) groups excluding carboxylic acids is 1. The smallest absolute Gasteiger partial charge is 0.225 e. The fourth-order valence-corrected chi connectivity index (χ4v) is 3.69. The van der Waals surface area contributed by atoms with Gasteiger partial charge in [-0.1, -0.05) is 32.0 Å². The Labute approximate surface area is 161 Å². The summed E-state index contributed by atoms with van der Waals surface area (Å²) >= 11 is 0. The van der Waals surface area contributed by atoms with Gasteiger partial charge in [0.05, 0.1) is 6.26 Å². The number of benzene rings is 1. The summed E-state index contributed by atoms with van der Waals surface area (Å²) in [6.07, 6.45) is 6.14. The van der Waals surface area contributed by atoms with Crippen LogP contribution in [0.15, 0.2) is 42.7 Å². The SMILES string of the molecule is CCc1cccc(CC)c1NC(=O)CCN(Cc1ccncc1)S(C)(=O)=O. The number of hydrogen-bond donors (Lipinski definition) is 1. The summed E-state index contributed by atoms with van der Waals surface area (Å²) in [5.41, 5.74) is 3.85. The van der Waals surface area contributed by atoms with Gasteiger partial charge >= 0.3 is 0 Å². The number of aryl methyl sites for hydroxylation is 2. The highest BCUT2D eigenvalue weighted by Crippen LogP contribution is 2.23. The molecule has 1 amide bonds. The number of para-hydroxylation sites is 1. The largest absolute Gasteiger partial charge is 0.326 e. The molecule has 0 saturated heterocycles. The first-order valence-corrected chi connectivity index (χ1v) is 10.9. The van der Waals surface area contributed by atoms with Crippen molar-refractivity contribution in [1.82, 2.24) is 9.29 Å². The Bertz CT molecular complexity index is 845. The predicted octanol–water partition coefficient (Wildman–Crippen LogP) is 3.00. The molecule has 2 rings (SSSR count). The van der Waals surface area contributed by atoms with E-state index in [0.717, 1.165) is 41.5 Å². The number of sulfonamides is 1. The van der Waals surface area contributed by atoms with Crippen molar-refractivity contribution < 1.29 is 13.2 Å². The quantitative estimate of drug-likeness (QED) is 0.715. The van der Waals surface area contributed by atoms with Crippen molar-refractivity contribution in [2.24, 2.45) is 0 Å². The Hall–Kier alpha value is -2.25. The molecule has 6 nitrogen and oxygen atoms in total. The number of aromatic nitrogens is 1. The van der Waals surface area contributed by atoms with Gasteiger partial charge in [-0.25, -0.2) is 8.42 Å². The van der Waals surface area contributed by atoms with Crippen molar-refractivity contribution in [3.8, 4) is 0 Å². The highest BCUT2D eigenvalue weighted by Gasteiger charge is 2.19. The van der Waals surface area contributed by atoms with Gasteiger partial charge in [0.2, 0.25) is 15.9 Å². The highest BCUT2D eigenvalue weighted by molar-refractivity contribution is 7.88. The van der Waals surface area contributed by atoms with Gasteiger partial charge in [-0.15, -0.1) is 0 Å². The van der Waals surface area contributed by atoms with E-state index in [9.17, 15) is 13.2 Å². The maximum atomic E-state index is 12.5. The molecule has 1 heterocycles. The van der Waals surface area contributed by atoms with E-state index >= 15 is 0 Å². The van der Waals surface area contributed by atoms with Crippen LogP contribution in [0, 0.1) is 0 Å². The van der Waals surface area contributed by atoms with Crippen LogP contribution in [0.25, 0.3) is 0 Å². The van der Waals surface area contributed by atoms with Gasteiger partial charge in [0.15, 0.2) is 0 Å². The molecule has 0 aliphatic heterocycles. The molecule has 27 heavy (non-hydrogen) atoms. The van der Waals surface area contributed by atoms with Crippen LogP contribution < -0.4 is 5.32 Å². The minimum absolute atomic E-state index is 0.0966. The van der Waals surface area contributed by atoms with Crippen LogP contribution >= 0.6 is 0 Å². The molecule has 146 valence electrons. The molecule has 1 N–H and O–H groups in total. The average molecular weight is 390 g/mol. The van der Waals surface area contributed by atoms with Crippen LogP contribution in [0.5, 0.6) is 0 Å². The number of amides is 1. The second-order valence-corrected chi connectivity index (χ2v) is 8.39. The van der Waals surface area contributed by atoms with Gasteiger partial charge < -0.3 is 5.32 Å². The van der Waals surface area contributed by atoms with Crippen LogP contribution in [-0.2, 0) is 34.2 Å². The first kappa shape index (κ1) is 21.1. The van der Waals surface area contributed by atoms with E-state index in [0.29, 0.717) is 0 Å². The predicted molar refractivity (Wildman–Crippen MR) is 108 cm³/mol. The van der Waals surface area contributed by atoms with E-state index in [2.05, 4.69) is 10.3 Å². The molecule has 7 heteroatoms. The van der Waals surface area contributed by atoms with Crippen LogP contribution in [0.4, 0.5) is 5.69 Å². The summed E-state index contributed by atoms with van der Waals surface area (Å²) in [4.78, 5) is 16.4. The van der Waals surface area contributed by atoms with Gasteiger partial charge in [0.1, 0.15) is 0 Å². The van der Waals surface area contributed by atoms with Crippen molar-refractivity contribution in [1.29, 1.82) is 0 Å². The Kier molecular flexibility index (Phi) is 7.50. The monoisotopic (exact) mass is 389 g/mol. The zero-order chi connectivity index (χ0) is 19.9. The minimum Gasteiger partial charge on any atom is -0.326 e. The first-order chi connectivity index (χ1) is 12.8. The van der Waals surface area contributed by atoms with E-state index in [1.165, 1.54) is 4.31 Å². The van der Waals surface area contributed by atoms with Crippen LogP contribution in [0.1, 0.15) is 37.0 Å². The molecule has 0 fully saturated rings. The van der Waals surface area contributed by atoms with Crippen molar-refractivity contribution in [2.45, 2.75) is 39.7 Å². The van der Waals surface area contributed by atoms with Crippen LogP contribution in [0.3, 0.4) is 0 Å². The second-order valence-electron chi connectivity index (χ2n) is 6.41. The maximum absolute atomic E-state index is 12.5. The zero-order valence-electron chi connectivity index (χ0n) is 16.1. The lowest BCUT2D eigenvalue weighted by atomic mass is 10.0.